The Morgan fingerprint density at radius 2 is 1.77 bits per heavy atom. The smallest absolute Gasteiger partial charge is 0.272 e. The summed E-state index contributed by atoms with van der Waals surface area (Å²) >= 11 is 5.90. The lowest BCUT2D eigenvalue weighted by Crippen LogP contribution is -2.27. The molecule has 0 aliphatic rings. The topological polar surface area (TPSA) is 58.1 Å². The number of rotatable bonds is 5. The van der Waals surface area contributed by atoms with Crippen LogP contribution in [0.2, 0.25) is 5.02 Å². The Hall–Kier alpha value is -2.92. The number of aryl methyl sites for hydroxylation is 1. The van der Waals surface area contributed by atoms with Crippen molar-refractivity contribution in [3.8, 4) is 0 Å². The molecule has 0 aliphatic heterocycles. The molecule has 1 N–H and O–H groups in total. The minimum absolute atomic E-state index is 0.154. The molecule has 0 atom stereocenters. The maximum Gasteiger partial charge on any atom is 0.272 e. The summed E-state index contributed by atoms with van der Waals surface area (Å²) in [7, 11) is 1.76. The average molecular weight is 367 g/mol. The van der Waals surface area contributed by atoms with E-state index in [4.69, 9.17) is 11.6 Å². The number of nitrogens with zero attached hydrogens (tertiary/aromatic N) is 3. The zero-order valence-corrected chi connectivity index (χ0v) is 15.4. The molecule has 5 nitrogen and oxygen atoms in total. The van der Waals surface area contributed by atoms with Crippen LogP contribution in [0.15, 0.2) is 60.7 Å². The zero-order valence-electron chi connectivity index (χ0n) is 14.6. The first-order valence-corrected chi connectivity index (χ1v) is 8.57. The van der Waals surface area contributed by atoms with E-state index >= 15 is 0 Å². The van der Waals surface area contributed by atoms with Crippen LogP contribution in [0.25, 0.3) is 0 Å². The average Bonchev–Trinajstić information content (AvgIpc) is 2.63. The van der Waals surface area contributed by atoms with Crippen molar-refractivity contribution < 1.29 is 4.79 Å². The highest BCUT2D eigenvalue weighted by Gasteiger charge is 2.15. The van der Waals surface area contributed by atoms with E-state index in [2.05, 4.69) is 15.3 Å². The second-order valence-corrected chi connectivity index (χ2v) is 6.43. The Bertz CT molecular complexity index is 897. The van der Waals surface area contributed by atoms with E-state index in [1.165, 1.54) is 0 Å². The second kappa shape index (κ2) is 7.97. The van der Waals surface area contributed by atoms with Gasteiger partial charge in [-0.3, -0.25) is 4.79 Å². The summed E-state index contributed by atoms with van der Waals surface area (Å²) in [4.78, 5) is 23.1. The van der Waals surface area contributed by atoms with E-state index in [0.29, 0.717) is 28.9 Å². The lowest BCUT2D eigenvalue weighted by atomic mass is 10.2. The Morgan fingerprint density at radius 3 is 2.46 bits per heavy atom. The molecule has 0 saturated heterocycles. The van der Waals surface area contributed by atoms with Crippen molar-refractivity contribution in [3.05, 3.63) is 82.6 Å². The summed E-state index contributed by atoms with van der Waals surface area (Å²) in [5.41, 5.74) is 2.94. The van der Waals surface area contributed by atoms with Gasteiger partial charge in [0.05, 0.1) is 0 Å². The van der Waals surface area contributed by atoms with Gasteiger partial charge in [-0.2, -0.15) is 0 Å². The minimum atomic E-state index is -0.154. The highest BCUT2D eigenvalue weighted by Crippen LogP contribution is 2.18. The Balaban J connectivity index is 1.77. The van der Waals surface area contributed by atoms with Crippen LogP contribution >= 0.6 is 11.6 Å². The summed E-state index contributed by atoms with van der Waals surface area (Å²) in [6.45, 7) is 2.35. The quantitative estimate of drug-likeness (QED) is 0.724. The molecule has 0 bridgehead atoms. The first-order chi connectivity index (χ1) is 12.5. The number of carbonyl (C=O) groups excluding carboxylic acids is 1. The number of nitrogens with one attached hydrogen (secondary N) is 1. The molecule has 6 heteroatoms. The lowest BCUT2D eigenvalue weighted by molar-refractivity contribution is 0.0779. The first-order valence-electron chi connectivity index (χ1n) is 8.19. The number of halogens is 1. The molecule has 1 aromatic heterocycles. The van der Waals surface area contributed by atoms with Gasteiger partial charge in [0.1, 0.15) is 5.69 Å². The molecule has 3 aromatic rings. The van der Waals surface area contributed by atoms with Crippen molar-refractivity contribution in [2.75, 3.05) is 12.4 Å². The van der Waals surface area contributed by atoms with Gasteiger partial charge in [0.25, 0.3) is 5.91 Å². The molecule has 0 spiro atoms. The Morgan fingerprint density at radius 1 is 1.08 bits per heavy atom. The number of aromatic nitrogens is 2. The summed E-state index contributed by atoms with van der Waals surface area (Å²) in [6.07, 6.45) is 0. The highest BCUT2D eigenvalue weighted by atomic mass is 35.5. The molecule has 0 aliphatic carbocycles. The summed E-state index contributed by atoms with van der Waals surface area (Å²) < 4.78 is 0. The van der Waals surface area contributed by atoms with Crippen molar-refractivity contribution in [2.24, 2.45) is 0 Å². The molecule has 0 unspecified atom stereocenters. The largest absolute Gasteiger partial charge is 0.336 e. The van der Waals surface area contributed by atoms with Crippen molar-refractivity contribution in [1.82, 2.24) is 14.9 Å². The van der Waals surface area contributed by atoms with Gasteiger partial charge in [0.2, 0.25) is 5.95 Å². The van der Waals surface area contributed by atoms with Gasteiger partial charge in [-0.15, -0.1) is 0 Å². The van der Waals surface area contributed by atoms with Crippen molar-refractivity contribution in [2.45, 2.75) is 13.5 Å². The molecule has 0 radical (unpaired) electrons. The maximum absolute atomic E-state index is 12.7. The van der Waals surface area contributed by atoms with E-state index in [1.807, 2.05) is 49.4 Å². The number of carbonyl (C=O) groups is 1. The van der Waals surface area contributed by atoms with E-state index in [1.54, 1.807) is 30.1 Å². The van der Waals surface area contributed by atoms with Gasteiger partial charge in [-0.1, -0.05) is 41.9 Å². The number of hydrogen-bond acceptors (Lipinski definition) is 4. The van der Waals surface area contributed by atoms with Gasteiger partial charge in [-0.25, -0.2) is 9.97 Å². The molecule has 1 heterocycles. The summed E-state index contributed by atoms with van der Waals surface area (Å²) in [6, 6.07) is 18.7. The van der Waals surface area contributed by atoms with Crippen LogP contribution in [0.4, 0.5) is 11.6 Å². The van der Waals surface area contributed by atoms with Crippen LogP contribution in [0.3, 0.4) is 0 Å². The molecular weight excluding hydrogens is 348 g/mol. The minimum Gasteiger partial charge on any atom is -0.336 e. The van der Waals surface area contributed by atoms with Crippen LogP contribution in [-0.4, -0.2) is 27.8 Å². The molecule has 26 heavy (non-hydrogen) atoms. The predicted molar refractivity (Wildman–Crippen MR) is 104 cm³/mol. The number of amides is 1. The number of hydrogen-bond donors (Lipinski definition) is 1. The first kappa shape index (κ1) is 17.9. The third kappa shape index (κ3) is 4.58. The fourth-order valence-corrected chi connectivity index (χ4v) is 2.65. The monoisotopic (exact) mass is 366 g/mol. The fourth-order valence-electron chi connectivity index (χ4n) is 2.52. The van der Waals surface area contributed by atoms with Crippen LogP contribution in [0.5, 0.6) is 0 Å². The third-order valence-corrected chi connectivity index (χ3v) is 4.03. The predicted octanol–water partition coefficient (Wildman–Crippen LogP) is 4.45. The van der Waals surface area contributed by atoms with E-state index in [0.717, 1.165) is 11.3 Å². The Kier molecular flexibility index (Phi) is 5.49. The van der Waals surface area contributed by atoms with Crippen LogP contribution < -0.4 is 5.32 Å². The van der Waals surface area contributed by atoms with Crippen LogP contribution in [0, 0.1) is 6.92 Å². The normalized spacial score (nSPS) is 10.4. The maximum atomic E-state index is 12.7. The summed E-state index contributed by atoms with van der Waals surface area (Å²) in [5, 5.41) is 3.76. The van der Waals surface area contributed by atoms with Gasteiger partial charge >= 0.3 is 0 Å². The van der Waals surface area contributed by atoms with Crippen LogP contribution in [0.1, 0.15) is 21.7 Å². The molecular formula is C20H19ClN4O. The SMILES string of the molecule is Cc1cc(C(=O)N(C)Cc2ccccc2)nc(Nc2ccc(Cl)cc2)n1. The standard InChI is InChI=1S/C20H19ClN4O/c1-14-12-18(19(26)25(2)13-15-6-4-3-5-7-15)24-20(22-14)23-17-10-8-16(21)9-11-17/h3-12H,13H2,1-2H3,(H,22,23,24). The summed E-state index contributed by atoms with van der Waals surface area (Å²) in [5.74, 6) is 0.224. The van der Waals surface area contributed by atoms with Gasteiger partial charge < -0.3 is 10.2 Å². The number of benzene rings is 2. The molecule has 1 amide bonds. The fraction of sp³-hybridized carbons (Fsp3) is 0.150. The van der Waals surface area contributed by atoms with Gasteiger partial charge in [-0.05, 0) is 42.8 Å². The number of anilines is 2. The van der Waals surface area contributed by atoms with E-state index in [9.17, 15) is 4.79 Å². The molecule has 132 valence electrons. The Labute approximate surface area is 157 Å². The molecule has 0 saturated carbocycles. The van der Waals surface area contributed by atoms with Crippen molar-refractivity contribution in [3.63, 3.8) is 0 Å². The lowest BCUT2D eigenvalue weighted by Gasteiger charge is -2.17. The van der Waals surface area contributed by atoms with E-state index < -0.39 is 0 Å². The van der Waals surface area contributed by atoms with Gasteiger partial charge in [0, 0.05) is 30.0 Å². The third-order valence-electron chi connectivity index (χ3n) is 3.78. The van der Waals surface area contributed by atoms with Crippen LogP contribution in [-0.2, 0) is 6.54 Å². The highest BCUT2D eigenvalue weighted by molar-refractivity contribution is 6.30. The second-order valence-electron chi connectivity index (χ2n) is 6.00. The molecule has 2 aromatic carbocycles. The van der Waals surface area contributed by atoms with E-state index in [-0.39, 0.29) is 5.91 Å². The van der Waals surface area contributed by atoms with Crippen molar-refractivity contribution >= 4 is 29.1 Å². The molecule has 3 rings (SSSR count). The van der Waals surface area contributed by atoms with Gasteiger partial charge in [0.15, 0.2) is 0 Å². The zero-order chi connectivity index (χ0) is 18.5. The van der Waals surface area contributed by atoms with Crippen molar-refractivity contribution in [1.29, 1.82) is 0 Å². The molecule has 0 fully saturated rings.